The average molecular weight is 349 g/mol. The molecule has 6 nitrogen and oxygen atoms in total. The molecule has 3 aromatic rings. The first-order valence-corrected chi connectivity index (χ1v) is 9.31. The molecule has 0 amide bonds. The Labute approximate surface area is 152 Å². The predicted octanol–water partition coefficient (Wildman–Crippen LogP) is 3.53. The van der Waals surface area contributed by atoms with Crippen LogP contribution in [0.4, 0.5) is 0 Å². The second kappa shape index (κ2) is 5.51. The van der Waals surface area contributed by atoms with Crippen LogP contribution >= 0.6 is 0 Å². The molecule has 2 N–H and O–H groups in total. The highest BCUT2D eigenvalue weighted by Crippen LogP contribution is 2.52. The molecule has 3 fully saturated rings. The first-order valence-electron chi connectivity index (χ1n) is 9.31. The molecule has 3 aliphatic carbocycles. The average Bonchev–Trinajstić information content (AvgIpc) is 3.33. The van der Waals surface area contributed by atoms with Gasteiger partial charge < -0.3 is 10.3 Å². The molecule has 0 radical (unpaired) electrons. The summed E-state index contributed by atoms with van der Waals surface area (Å²) in [6.45, 7) is 2.03. The van der Waals surface area contributed by atoms with Crippen molar-refractivity contribution in [2.45, 2.75) is 56.4 Å². The van der Waals surface area contributed by atoms with E-state index in [0.29, 0.717) is 5.82 Å². The summed E-state index contributed by atoms with van der Waals surface area (Å²) in [6.07, 6.45) is 10.2. The zero-order valence-electron chi connectivity index (χ0n) is 15.0. The van der Waals surface area contributed by atoms with E-state index < -0.39 is 0 Å². The van der Waals surface area contributed by atoms with Gasteiger partial charge in [-0.05, 0) is 75.3 Å². The molecule has 0 saturated heterocycles. The highest BCUT2D eigenvalue weighted by Gasteiger charge is 2.50. The SMILES string of the molecule is Cc1cnn(-c2ccc(-c3noc(C45CCC(N)(CC4)CC5)n3)cc2)c1. The summed E-state index contributed by atoms with van der Waals surface area (Å²) in [6, 6.07) is 8.09. The van der Waals surface area contributed by atoms with Crippen molar-refractivity contribution < 1.29 is 4.52 Å². The summed E-state index contributed by atoms with van der Waals surface area (Å²) in [5.41, 5.74) is 9.62. The number of nitrogens with zero attached hydrogens (tertiary/aromatic N) is 4. The second-order valence-corrected chi connectivity index (χ2v) is 8.07. The smallest absolute Gasteiger partial charge is 0.233 e. The van der Waals surface area contributed by atoms with Gasteiger partial charge in [-0.2, -0.15) is 10.1 Å². The fourth-order valence-corrected chi connectivity index (χ4v) is 4.41. The van der Waals surface area contributed by atoms with Crippen molar-refractivity contribution in [2.24, 2.45) is 5.73 Å². The summed E-state index contributed by atoms with van der Waals surface area (Å²) in [5.74, 6) is 1.45. The van der Waals surface area contributed by atoms with Crippen molar-refractivity contribution in [3.05, 3.63) is 48.1 Å². The maximum atomic E-state index is 6.42. The quantitative estimate of drug-likeness (QED) is 0.782. The number of fused-ring (bicyclic) bond motifs is 3. The lowest BCUT2D eigenvalue weighted by atomic mass is 9.57. The van der Waals surface area contributed by atoms with Gasteiger partial charge in [0, 0.05) is 22.7 Å². The normalized spacial score (nSPS) is 27.8. The van der Waals surface area contributed by atoms with E-state index in [9.17, 15) is 0 Å². The number of hydrogen-bond donors (Lipinski definition) is 1. The third-order valence-corrected chi connectivity index (χ3v) is 6.29. The first kappa shape index (κ1) is 15.8. The van der Waals surface area contributed by atoms with E-state index in [1.54, 1.807) is 0 Å². The molecule has 1 aromatic carbocycles. The van der Waals surface area contributed by atoms with Crippen LogP contribution in [0.3, 0.4) is 0 Å². The van der Waals surface area contributed by atoms with Crippen LogP contribution in [0.15, 0.2) is 41.2 Å². The molecule has 0 unspecified atom stereocenters. The number of aryl methyl sites for hydroxylation is 1. The molecule has 134 valence electrons. The van der Waals surface area contributed by atoms with Crippen molar-refractivity contribution in [1.29, 1.82) is 0 Å². The van der Waals surface area contributed by atoms with Crippen molar-refractivity contribution >= 4 is 0 Å². The van der Waals surface area contributed by atoms with Crippen molar-refractivity contribution in [3.63, 3.8) is 0 Å². The number of rotatable bonds is 3. The van der Waals surface area contributed by atoms with Gasteiger partial charge in [0.25, 0.3) is 0 Å². The summed E-state index contributed by atoms with van der Waals surface area (Å²) in [7, 11) is 0. The second-order valence-electron chi connectivity index (χ2n) is 8.07. The van der Waals surface area contributed by atoms with E-state index in [4.69, 9.17) is 15.2 Å². The third kappa shape index (κ3) is 2.48. The zero-order chi connectivity index (χ0) is 17.8. The zero-order valence-corrected chi connectivity index (χ0v) is 15.0. The lowest BCUT2D eigenvalue weighted by molar-refractivity contribution is 0.0805. The predicted molar refractivity (Wildman–Crippen MR) is 97.9 cm³/mol. The van der Waals surface area contributed by atoms with E-state index in [-0.39, 0.29) is 11.0 Å². The van der Waals surface area contributed by atoms with Crippen molar-refractivity contribution in [3.8, 4) is 17.1 Å². The van der Waals surface area contributed by atoms with E-state index in [2.05, 4.69) is 10.3 Å². The Morgan fingerprint density at radius 2 is 1.73 bits per heavy atom. The molecule has 2 heterocycles. The summed E-state index contributed by atoms with van der Waals surface area (Å²) >= 11 is 0. The topological polar surface area (TPSA) is 82.8 Å². The van der Waals surface area contributed by atoms with Gasteiger partial charge in [-0.1, -0.05) is 5.16 Å². The Hall–Kier alpha value is -2.47. The maximum Gasteiger partial charge on any atom is 0.233 e. The van der Waals surface area contributed by atoms with Gasteiger partial charge in [-0.3, -0.25) is 0 Å². The Balaban J connectivity index is 1.40. The highest BCUT2D eigenvalue weighted by molar-refractivity contribution is 5.56. The number of hydrogen-bond acceptors (Lipinski definition) is 5. The summed E-state index contributed by atoms with van der Waals surface area (Å²) < 4.78 is 7.57. The maximum absolute atomic E-state index is 6.42. The van der Waals surface area contributed by atoms with Crippen LogP contribution in [0.5, 0.6) is 0 Å². The van der Waals surface area contributed by atoms with Crippen LogP contribution in [0.1, 0.15) is 50.0 Å². The molecule has 3 aliphatic rings. The van der Waals surface area contributed by atoms with Crippen LogP contribution in [-0.2, 0) is 5.41 Å². The molecular formula is C20H23N5O. The van der Waals surface area contributed by atoms with Crippen LogP contribution in [0, 0.1) is 6.92 Å². The lowest BCUT2D eigenvalue weighted by Gasteiger charge is -2.49. The summed E-state index contributed by atoms with van der Waals surface area (Å²) in [5, 5.41) is 8.60. The van der Waals surface area contributed by atoms with Crippen LogP contribution in [0.25, 0.3) is 17.1 Å². The standard InChI is InChI=1S/C20H23N5O/c1-14-12-22-25(13-14)16-4-2-15(3-5-16)17-23-18(26-24-17)19-6-9-20(21,10-7-19)11-8-19/h2-5,12-13H,6-11,21H2,1H3. The van der Waals surface area contributed by atoms with Gasteiger partial charge in [0.1, 0.15) is 0 Å². The van der Waals surface area contributed by atoms with E-state index in [0.717, 1.165) is 61.2 Å². The Bertz CT molecular complexity index is 915. The van der Waals surface area contributed by atoms with Crippen molar-refractivity contribution in [1.82, 2.24) is 19.9 Å². The van der Waals surface area contributed by atoms with Crippen LogP contribution in [0.2, 0.25) is 0 Å². The Morgan fingerprint density at radius 1 is 1.04 bits per heavy atom. The van der Waals surface area contributed by atoms with E-state index in [1.807, 2.05) is 48.3 Å². The van der Waals surface area contributed by atoms with Gasteiger partial charge >= 0.3 is 0 Å². The number of benzene rings is 1. The minimum Gasteiger partial charge on any atom is -0.338 e. The van der Waals surface area contributed by atoms with Gasteiger partial charge in [0.15, 0.2) is 0 Å². The minimum absolute atomic E-state index is 0.0406. The first-order chi connectivity index (χ1) is 12.6. The van der Waals surface area contributed by atoms with Gasteiger partial charge in [0.2, 0.25) is 11.7 Å². The molecule has 2 bridgehead atoms. The Kier molecular flexibility index (Phi) is 3.34. The fraction of sp³-hybridized carbons (Fsp3) is 0.450. The molecule has 0 atom stereocenters. The Morgan fingerprint density at radius 3 is 2.35 bits per heavy atom. The third-order valence-electron chi connectivity index (χ3n) is 6.29. The highest BCUT2D eigenvalue weighted by atomic mass is 16.5. The largest absolute Gasteiger partial charge is 0.338 e. The minimum atomic E-state index is 0.0406. The molecule has 2 aromatic heterocycles. The fourth-order valence-electron chi connectivity index (χ4n) is 4.41. The van der Waals surface area contributed by atoms with Gasteiger partial charge in [0.05, 0.1) is 11.9 Å². The molecule has 26 heavy (non-hydrogen) atoms. The van der Waals surface area contributed by atoms with Crippen molar-refractivity contribution in [2.75, 3.05) is 0 Å². The van der Waals surface area contributed by atoms with Crippen LogP contribution in [-0.4, -0.2) is 25.5 Å². The molecule has 0 aliphatic heterocycles. The molecule has 0 spiro atoms. The molecular weight excluding hydrogens is 326 g/mol. The molecule has 3 saturated carbocycles. The van der Waals surface area contributed by atoms with Gasteiger partial charge in [-0.15, -0.1) is 0 Å². The molecule has 6 heteroatoms. The van der Waals surface area contributed by atoms with E-state index >= 15 is 0 Å². The summed E-state index contributed by atoms with van der Waals surface area (Å²) in [4.78, 5) is 4.76. The van der Waals surface area contributed by atoms with E-state index in [1.165, 1.54) is 0 Å². The van der Waals surface area contributed by atoms with Crippen LogP contribution < -0.4 is 5.73 Å². The van der Waals surface area contributed by atoms with Gasteiger partial charge in [-0.25, -0.2) is 4.68 Å². The lowest BCUT2D eigenvalue weighted by Crippen LogP contribution is -2.53. The number of nitrogens with two attached hydrogens (primary N) is 1. The monoisotopic (exact) mass is 349 g/mol. The number of aromatic nitrogens is 4. The molecule has 6 rings (SSSR count).